The predicted octanol–water partition coefficient (Wildman–Crippen LogP) is 2.64. The van der Waals surface area contributed by atoms with Gasteiger partial charge in [0.15, 0.2) is 11.5 Å². The Bertz CT molecular complexity index is 540. The fourth-order valence-corrected chi connectivity index (χ4v) is 2.35. The molecule has 1 unspecified atom stereocenters. The third-order valence-corrected chi connectivity index (χ3v) is 3.51. The molecule has 1 heterocycles. The second kappa shape index (κ2) is 7.69. The number of nitrogens with zero attached hydrogens (tertiary/aromatic N) is 2. The summed E-state index contributed by atoms with van der Waals surface area (Å²) in [7, 11) is 3.31. The molecule has 0 amide bonds. The maximum absolute atomic E-state index is 5.37. The summed E-state index contributed by atoms with van der Waals surface area (Å²) in [4.78, 5) is 0. The Labute approximate surface area is 125 Å². The van der Waals surface area contributed by atoms with Crippen molar-refractivity contribution in [3.8, 4) is 11.5 Å². The standard InChI is InChI=1S/C16H23N3O2/c1-4-14(17-9-11-19-10-5-8-18-19)13-6-7-15(20-2)16(12-13)21-3/h5-8,10,12,14,17H,4,9,11H2,1-3H3. The minimum absolute atomic E-state index is 0.292. The van der Waals surface area contributed by atoms with Gasteiger partial charge in [0.25, 0.3) is 0 Å². The van der Waals surface area contributed by atoms with Crippen LogP contribution in [-0.4, -0.2) is 30.5 Å². The van der Waals surface area contributed by atoms with Crippen LogP contribution in [-0.2, 0) is 6.54 Å². The molecule has 2 rings (SSSR count). The molecule has 1 N–H and O–H groups in total. The molecule has 0 saturated heterocycles. The molecular formula is C16H23N3O2. The van der Waals surface area contributed by atoms with Crippen molar-refractivity contribution in [2.75, 3.05) is 20.8 Å². The van der Waals surface area contributed by atoms with Crippen molar-refractivity contribution in [3.63, 3.8) is 0 Å². The Balaban J connectivity index is 1.99. The first-order valence-corrected chi connectivity index (χ1v) is 7.21. The Morgan fingerprint density at radius 2 is 2.05 bits per heavy atom. The maximum Gasteiger partial charge on any atom is 0.161 e. The van der Waals surface area contributed by atoms with E-state index in [1.165, 1.54) is 5.56 Å². The zero-order chi connectivity index (χ0) is 15.1. The van der Waals surface area contributed by atoms with Crippen LogP contribution >= 0.6 is 0 Å². The van der Waals surface area contributed by atoms with E-state index in [1.807, 2.05) is 29.1 Å². The van der Waals surface area contributed by atoms with Crippen LogP contribution in [0.4, 0.5) is 0 Å². The van der Waals surface area contributed by atoms with Gasteiger partial charge in [-0.1, -0.05) is 13.0 Å². The average Bonchev–Trinajstić information content (AvgIpc) is 3.04. The number of hydrogen-bond donors (Lipinski definition) is 1. The van der Waals surface area contributed by atoms with Crippen LogP contribution in [0.15, 0.2) is 36.7 Å². The lowest BCUT2D eigenvalue weighted by atomic mass is 10.0. The molecule has 0 bridgehead atoms. The highest BCUT2D eigenvalue weighted by Gasteiger charge is 2.12. The van der Waals surface area contributed by atoms with Crippen LogP contribution in [0.3, 0.4) is 0 Å². The van der Waals surface area contributed by atoms with E-state index in [-0.39, 0.29) is 0 Å². The first-order valence-electron chi connectivity index (χ1n) is 7.21. The topological polar surface area (TPSA) is 48.3 Å². The fourth-order valence-electron chi connectivity index (χ4n) is 2.35. The molecule has 1 aromatic heterocycles. The minimum atomic E-state index is 0.292. The van der Waals surface area contributed by atoms with E-state index >= 15 is 0 Å². The molecule has 114 valence electrons. The number of ether oxygens (including phenoxy) is 2. The molecule has 0 fully saturated rings. The number of rotatable bonds is 8. The molecule has 21 heavy (non-hydrogen) atoms. The Morgan fingerprint density at radius 3 is 2.67 bits per heavy atom. The summed E-state index contributed by atoms with van der Waals surface area (Å²) in [5, 5.41) is 7.76. The van der Waals surface area contributed by atoms with Crippen molar-refractivity contribution in [3.05, 3.63) is 42.2 Å². The Kier molecular flexibility index (Phi) is 5.63. The van der Waals surface area contributed by atoms with Gasteiger partial charge in [-0.3, -0.25) is 4.68 Å². The van der Waals surface area contributed by atoms with Gasteiger partial charge in [0, 0.05) is 25.0 Å². The third kappa shape index (κ3) is 3.98. The molecule has 5 heteroatoms. The minimum Gasteiger partial charge on any atom is -0.493 e. The van der Waals surface area contributed by atoms with Gasteiger partial charge in [0.1, 0.15) is 0 Å². The van der Waals surface area contributed by atoms with Gasteiger partial charge in [-0.2, -0.15) is 5.10 Å². The molecular weight excluding hydrogens is 266 g/mol. The normalized spacial score (nSPS) is 12.1. The fraction of sp³-hybridized carbons (Fsp3) is 0.438. The zero-order valence-corrected chi connectivity index (χ0v) is 12.9. The van der Waals surface area contributed by atoms with E-state index in [0.29, 0.717) is 6.04 Å². The van der Waals surface area contributed by atoms with Crippen LogP contribution in [0.25, 0.3) is 0 Å². The van der Waals surface area contributed by atoms with E-state index in [2.05, 4.69) is 23.4 Å². The van der Waals surface area contributed by atoms with E-state index in [4.69, 9.17) is 9.47 Å². The van der Waals surface area contributed by atoms with Crippen molar-refractivity contribution in [1.82, 2.24) is 15.1 Å². The molecule has 0 aliphatic rings. The quantitative estimate of drug-likeness (QED) is 0.811. The van der Waals surface area contributed by atoms with Gasteiger partial charge in [0.2, 0.25) is 0 Å². The molecule has 5 nitrogen and oxygen atoms in total. The van der Waals surface area contributed by atoms with Crippen molar-refractivity contribution < 1.29 is 9.47 Å². The molecule has 0 spiro atoms. The molecule has 1 atom stereocenters. The molecule has 1 aromatic carbocycles. The smallest absolute Gasteiger partial charge is 0.161 e. The largest absolute Gasteiger partial charge is 0.493 e. The van der Waals surface area contributed by atoms with Gasteiger partial charge < -0.3 is 14.8 Å². The summed E-state index contributed by atoms with van der Waals surface area (Å²) in [5.74, 6) is 1.52. The summed E-state index contributed by atoms with van der Waals surface area (Å²) in [5.41, 5.74) is 1.20. The van der Waals surface area contributed by atoms with E-state index in [0.717, 1.165) is 31.0 Å². The summed E-state index contributed by atoms with van der Waals surface area (Å²) in [6.45, 7) is 3.90. The first-order chi connectivity index (χ1) is 10.3. The van der Waals surface area contributed by atoms with Gasteiger partial charge >= 0.3 is 0 Å². The monoisotopic (exact) mass is 289 g/mol. The van der Waals surface area contributed by atoms with E-state index in [9.17, 15) is 0 Å². The summed E-state index contributed by atoms with van der Waals surface area (Å²) < 4.78 is 12.6. The summed E-state index contributed by atoms with van der Waals surface area (Å²) in [6.07, 6.45) is 4.78. The van der Waals surface area contributed by atoms with Crippen molar-refractivity contribution in [2.24, 2.45) is 0 Å². The molecule has 0 radical (unpaired) electrons. The lowest BCUT2D eigenvalue weighted by molar-refractivity contribution is 0.353. The Morgan fingerprint density at radius 1 is 1.24 bits per heavy atom. The SMILES string of the molecule is CCC(NCCn1cccn1)c1ccc(OC)c(OC)c1. The van der Waals surface area contributed by atoms with Crippen molar-refractivity contribution >= 4 is 0 Å². The number of hydrogen-bond acceptors (Lipinski definition) is 4. The lowest BCUT2D eigenvalue weighted by Crippen LogP contribution is -2.25. The first kappa shape index (κ1) is 15.4. The van der Waals surface area contributed by atoms with Crippen molar-refractivity contribution in [2.45, 2.75) is 25.9 Å². The second-order valence-corrected chi connectivity index (χ2v) is 4.80. The zero-order valence-electron chi connectivity index (χ0n) is 12.9. The maximum atomic E-state index is 5.37. The Hall–Kier alpha value is -2.01. The average molecular weight is 289 g/mol. The van der Waals surface area contributed by atoms with Gasteiger partial charge in [-0.25, -0.2) is 0 Å². The van der Waals surface area contributed by atoms with E-state index in [1.54, 1.807) is 20.4 Å². The van der Waals surface area contributed by atoms with Crippen LogP contribution in [0.5, 0.6) is 11.5 Å². The van der Waals surface area contributed by atoms with Crippen LogP contribution in [0, 0.1) is 0 Å². The second-order valence-electron chi connectivity index (χ2n) is 4.80. The highest BCUT2D eigenvalue weighted by molar-refractivity contribution is 5.43. The van der Waals surface area contributed by atoms with Crippen LogP contribution in [0.2, 0.25) is 0 Å². The number of methoxy groups -OCH3 is 2. The molecule has 0 saturated carbocycles. The highest BCUT2D eigenvalue weighted by Crippen LogP contribution is 2.30. The van der Waals surface area contributed by atoms with Gasteiger partial charge in [-0.05, 0) is 30.2 Å². The van der Waals surface area contributed by atoms with Crippen LogP contribution in [0.1, 0.15) is 24.9 Å². The summed E-state index contributed by atoms with van der Waals surface area (Å²) in [6, 6.07) is 8.29. The third-order valence-electron chi connectivity index (χ3n) is 3.51. The lowest BCUT2D eigenvalue weighted by Gasteiger charge is -2.19. The molecule has 2 aromatic rings. The number of benzene rings is 1. The van der Waals surface area contributed by atoms with Gasteiger partial charge in [0.05, 0.1) is 20.8 Å². The number of aromatic nitrogens is 2. The molecule has 0 aliphatic carbocycles. The van der Waals surface area contributed by atoms with Crippen molar-refractivity contribution in [1.29, 1.82) is 0 Å². The predicted molar refractivity (Wildman–Crippen MR) is 82.8 cm³/mol. The number of nitrogens with one attached hydrogen (secondary N) is 1. The van der Waals surface area contributed by atoms with Crippen LogP contribution < -0.4 is 14.8 Å². The van der Waals surface area contributed by atoms with E-state index < -0.39 is 0 Å². The highest BCUT2D eigenvalue weighted by atomic mass is 16.5. The summed E-state index contributed by atoms with van der Waals surface area (Å²) >= 11 is 0. The molecule has 0 aliphatic heterocycles. The van der Waals surface area contributed by atoms with Gasteiger partial charge in [-0.15, -0.1) is 0 Å².